The van der Waals surface area contributed by atoms with Crippen LogP contribution in [0.4, 0.5) is 10.1 Å². The van der Waals surface area contributed by atoms with Gasteiger partial charge in [0.25, 0.3) is 0 Å². The first-order chi connectivity index (χ1) is 17.3. The first-order valence-corrected chi connectivity index (χ1v) is 12.0. The minimum absolute atomic E-state index is 0.168. The van der Waals surface area contributed by atoms with E-state index in [1.807, 2.05) is 55.5 Å². The fraction of sp³-hybridized carbons (Fsp3) is 0.286. The number of anilines is 1. The molecule has 36 heavy (non-hydrogen) atoms. The minimum atomic E-state index is -0.998. The number of halogens is 1. The summed E-state index contributed by atoms with van der Waals surface area (Å²) in [6, 6.07) is 19.5. The van der Waals surface area contributed by atoms with E-state index in [0.717, 1.165) is 12.0 Å². The van der Waals surface area contributed by atoms with Crippen LogP contribution >= 0.6 is 0 Å². The van der Waals surface area contributed by atoms with Gasteiger partial charge in [-0.2, -0.15) is 0 Å². The van der Waals surface area contributed by atoms with Crippen molar-refractivity contribution in [3.05, 3.63) is 89.7 Å². The summed E-state index contributed by atoms with van der Waals surface area (Å²) in [5.74, 6) is -0.842. The van der Waals surface area contributed by atoms with Gasteiger partial charge in [0, 0.05) is 12.2 Å². The molecule has 0 saturated carbocycles. The predicted molar refractivity (Wildman–Crippen MR) is 138 cm³/mol. The Bertz CT molecular complexity index is 1350. The van der Waals surface area contributed by atoms with Crippen LogP contribution in [0.25, 0.3) is 11.0 Å². The summed E-state index contributed by atoms with van der Waals surface area (Å²) >= 11 is 0. The first-order valence-electron chi connectivity index (χ1n) is 12.0. The molecule has 0 radical (unpaired) electrons. The van der Waals surface area contributed by atoms with Gasteiger partial charge in [-0.15, -0.1) is 5.10 Å². The van der Waals surface area contributed by atoms with Gasteiger partial charge in [0.2, 0.25) is 11.8 Å². The van der Waals surface area contributed by atoms with Crippen molar-refractivity contribution in [3.8, 4) is 0 Å². The Morgan fingerprint density at radius 1 is 1.03 bits per heavy atom. The molecule has 3 aromatic carbocycles. The van der Waals surface area contributed by atoms with Crippen LogP contribution < -0.4 is 10.2 Å². The Morgan fingerprint density at radius 3 is 2.50 bits per heavy atom. The SMILES string of the molecule is Cc1ccc(C(C(=O)NCCC(C)C)N(C(=O)Cn2nnc3ccccc32)c2cccc(F)c2)cc1. The molecule has 0 spiro atoms. The molecule has 8 heteroatoms. The molecule has 0 saturated heterocycles. The van der Waals surface area contributed by atoms with Gasteiger partial charge in [0.15, 0.2) is 0 Å². The van der Waals surface area contributed by atoms with E-state index in [2.05, 4.69) is 29.5 Å². The van der Waals surface area contributed by atoms with Crippen molar-refractivity contribution in [3.63, 3.8) is 0 Å². The molecular formula is C28H30FN5O2. The van der Waals surface area contributed by atoms with E-state index >= 15 is 0 Å². The van der Waals surface area contributed by atoms with Gasteiger partial charge >= 0.3 is 0 Å². The highest BCUT2D eigenvalue weighted by atomic mass is 19.1. The summed E-state index contributed by atoms with van der Waals surface area (Å²) in [4.78, 5) is 28.8. The van der Waals surface area contributed by atoms with Gasteiger partial charge in [-0.1, -0.05) is 67.1 Å². The lowest BCUT2D eigenvalue weighted by Gasteiger charge is -2.31. The molecule has 1 heterocycles. The number of para-hydroxylation sites is 1. The topological polar surface area (TPSA) is 80.1 Å². The zero-order valence-corrected chi connectivity index (χ0v) is 20.7. The molecule has 1 N–H and O–H groups in total. The summed E-state index contributed by atoms with van der Waals surface area (Å²) in [6.45, 7) is 6.41. The van der Waals surface area contributed by atoms with Crippen molar-refractivity contribution in [2.75, 3.05) is 11.4 Å². The van der Waals surface area contributed by atoms with Crippen LogP contribution in [0.5, 0.6) is 0 Å². The lowest BCUT2D eigenvalue weighted by Crippen LogP contribution is -2.45. The highest BCUT2D eigenvalue weighted by Crippen LogP contribution is 2.29. The van der Waals surface area contributed by atoms with Gasteiger partial charge in [-0.25, -0.2) is 9.07 Å². The van der Waals surface area contributed by atoms with Crippen LogP contribution in [0.15, 0.2) is 72.8 Å². The number of hydrogen-bond donors (Lipinski definition) is 1. The molecule has 1 unspecified atom stereocenters. The standard InChI is InChI=1S/C28H30FN5O2/c1-19(2)15-16-30-28(36)27(21-13-11-20(3)12-14-21)34(23-8-6-7-22(29)17-23)26(35)18-33-25-10-5-4-9-24(25)31-32-33/h4-14,17,19,27H,15-16,18H2,1-3H3,(H,30,36). The second kappa shape index (κ2) is 11.1. The van der Waals surface area contributed by atoms with E-state index in [1.54, 1.807) is 6.07 Å². The number of aromatic nitrogens is 3. The second-order valence-corrected chi connectivity index (χ2v) is 9.27. The van der Waals surface area contributed by atoms with E-state index in [9.17, 15) is 14.0 Å². The van der Waals surface area contributed by atoms with Crippen LogP contribution in [-0.2, 0) is 16.1 Å². The predicted octanol–water partition coefficient (Wildman–Crippen LogP) is 4.82. The Labute approximate surface area is 209 Å². The summed E-state index contributed by atoms with van der Waals surface area (Å²) in [6.07, 6.45) is 0.797. The third kappa shape index (κ3) is 5.76. The molecule has 2 amide bonds. The minimum Gasteiger partial charge on any atom is -0.354 e. The Kier molecular flexibility index (Phi) is 7.73. The highest BCUT2D eigenvalue weighted by Gasteiger charge is 2.33. The number of nitrogens with one attached hydrogen (secondary N) is 1. The van der Waals surface area contributed by atoms with E-state index in [4.69, 9.17) is 0 Å². The molecule has 4 aromatic rings. The molecule has 186 valence electrons. The smallest absolute Gasteiger partial charge is 0.249 e. The van der Waals surface area contributed by atoms with Gasteiger partial charge < -0.3 is 5.32 Å². The van der Waals surface area contributed by atoms with Crippen molar-refractivity contribution in [2.24, 2.45) is 5.92 Å². The number of aryl methyl sites for hydroxylation is 1. The first kappa shape index (κ1) is 25.0. The fourth-order valence-electron chi connectivity index (χ4n) is 4.05. The summed E-state index contributed by atoms with van der Waals surface area (Å²) in [7, 11) is 0. The zero-order valence-electron chi connectivity index (χ0n) is 20.7. The number of amides is 2. The third-order valence-electron chi connectivity index (χ3n) is 5.98. The van der Waals surface area contributed by atoms with Crippen LogP contribution in [0.3, 0.4) is 0 Å². The number of hydrogen-bond acceptors (Lipinski definition) is 4. The third-order valence-corrected chi connectivity index (χ3v) is 5.98. The van der Waals surface area contributed by atoms with Crippen LogP contribution in [0.2, 0.25) is 0 Å². The number of carbonyl (C=O) groups is 2. The average molecular weight is 488 g/mol. The maximum absolute atomic E-state index is 14.3. The number of fused-ring (bicyclic) bond motifs is 1. The molecule has 0 aliphatic heterocycles. The Morgan fingerprint density at radius 2 is 1.78 bits per heavy atom. The fourth-order valence-corrected chi connectivity index (χ4v) is 4.05. The molecule has 4 rings (SSSR count). The molecule has 1 atom stereocenters. The van der Waals surface area contributed by atoms with Gasteiger partial charge in [-0.3, -0.25) is 14.5 Å². The maximum Gasteiger partial charge on any atom is 0.249 e. The monoisotopic (exact) mass is 487 g/mol. The van der Waals surface area contributed by atoms with Crippen molar-refractivity contribution in [2.45, 2.75) is 39.8 Å². The second-order valence-electron chi connectivity index (χ2n) is 9.27. The number of nitrogens with zero attached hydrogens (tertiary/aromatic N) is 4. The molecule has 1 aromatic heterocycles. The lowest BCUT2D eigenvalue weighted by molar-refractivity contribution is -0.127. The number of benzene rings is 3. The van der Waals surface area contributed by atoms with Gasteiger partial charge in [-0.05, 0) is 55.2 Å². The van der Waals surface area contributed by atoms with E-state index < -0.39 is 17.8 Å². The van der Waals surface area contributed by atoms with Crippen molar-refractivity contribution >= 4 is 28.5 Å². The molecule has 0 aliphatic rings. The largest absolute Gasteiger partial charge is 0.354 e. The molecule has 0 aliphatic carbocycles. The Balaban J connectivity index is 1.76. The van der Waals surface area contributed by atoms with E-state index in [-0.39, 0.29) is 18.1 Å². The highest BCUT2D eigenvalue weighted by molar-refractivity contribution is 6.01. The molecule has 7 nitrogen and oxygen atoms in total. The maximum atomic E-state index is 14.3. The van der Waals surface area contributed by atoms with Crippen LogP contribution in [0.1, 0.15) is 37.4 Å². The van der Waals surface area contributed by atoms with Crippen LogP contribution in [0, 0.1) is 18.7 Å². The summed E-state index contributed by atoms with van der Waals surface area (Å²) < 4.78 is 15.8. The van der Waals surface area contributed by atoms with Crippen molar-refractivity contribution < 1.29 is 14.0 Å². The van der Waals surface area contributed by atoms with Crippen molar-refractivity contribution in [1.82, 2.24) is 20.3 Å². The summed E-state index contributed by atoms with van der Waals surface area (Å²) in [5, 5.41) is 11.2. The van der Waals surface area contributed by atoms with Gasteiger partial charge in [0.1, 0.15) is 23.9 Å². The number of carbonyl (C=O) groups excluding carboxylic acids is 2. The van der Waals surface area contributed by atoms with E-state index in [1.165, 1.54) is 27.8 Å². The van der Waals surface area contributed by atoms with E-state index in [0.29, 0.717) is 29.1 Å². The van der Waals surface area contributed by atoms with Crippen molar-refractivity contribution in [1.29, 1.82) is 0 Å². The van der Waals surface area contributed by atoms with Gasteiger partial charge in [0.05, 0.1) is 5.52 Å². The molecule has 0 fully saturated rings. The Hall–Kier alpha value is -4.07. The normalized spacial score (nSPS) is 12.0. The summed E-state index contributed by atoms with van der Waals surface area (Å²) in [5.41, 5.74) is 3.29. The average Bonchev–Trinajstić information content (AvgIpc) is 3.25. The number of rotatable bonds is 9. The quantitative estimate of drug-likeness (QED) is 0.367. The molecule has 0 bridgehead atoms. The lowest BCUT2D eigenvalue weighted by atomic mass is 10.0. The zero-order chi connectivity index (χ0) is 25.7. The van der Waals surface area contributed by atoms with Crippen LogP contribution in [-0.4, -0.2) is 33.4 Å². The molecular weight excluding hydrogens is 457 g/mol.